The molecule has 0 atom stereocenters. The molecule has 20 heavy (non-hydrogen) atoms. The van der Waals surface area contributed by atoms with E-state index in [1.807, 2.05) is 0 Å². The zero-order valence-electron chi connectivity index (χ0n) is 11.5. The van der Waals surface area contributed by atoms with Gasteiger partial charge in [0.2, 0.25) is 0 Å². The number of thiophene rings is 1. The van der Waals surface area contributed by atoms with Gasteiger partial charge in [0.05, 0.1) is 5.56 Å². The fourth-order valence-electron chi connectivity index (χ4n) is 2.38. The summed E-state index contributed by atoms with van der Waals surface area (Å²) in [5, 5.41) is 4.49. The molecule has 0 bridgehead atoms. The third-order valence-electron chi connectivity index (χ3n) is 3.75. The number of carbonyl (C=O) groups is 1. The molecule has 1 heterocycles. The van der Waals surface area contributed by atoms with Crippen LogP contribution in [-0.2, 0) is 9.05 Å². The minimum Gasteiger partial charge on any atom is -0.349 e. The quantitative estimate of drug-likeness (QED) is 0.861. The number of rotatable bonds is 3. The number of nitrogens with one attached hydrogen (secondary N) is 1. The normalized spacial score (nSPS) is 19.8. The highest BCUT2D eigenvalue weighted by Crippen LogP contribution is 2.35. The number of amides is 1. The Bertz CT molecular complexity index is 597. The summed E-state index contributed by atoms with van der Waals surface area (Å²) in [7, 11) is 1.50. The SMILES string of the molecule is CC1(C)CCC(NC(=O)c2csc(S(=O)(=O)Cl)c2)CC1. The minimum atomic E-state index is -3.75. The summed E-state index contributed by atoms with van der Waals surface area (Å²) < 4.78 is 22.4. The standard InChI is InChI=1S/C13H18ClNO3S2/c1-13(2)5-3-10(4-6-13)15-12(16)9-7-11(19-8-9)20(14,17)18/h7-8,10H,3-6H2,1-2H3,(H,15,16). The van der Waals surface area contributed by atoms with E-state index in [2.05, 4.69) is 19.2 Å². The van der Waals surface area contributed by atoms with E-state index in [1.165, 1.54) is 11.4 Å². The molecule has 0 radical (unpaired) electrons. The molecule has 1 aliphatic carbocycles. The van der Waals surface area contributed by atoms with Crippen LogP contribution in [0.25, 0.3) is 0 Å². The van der Waals surface area contributed by atoms with Gasteiger partial charge in [-0.05, 0) is 37.2 Å². The van der Waals surface area contributed by atoms with Gasteiger partial charge in [0.15, 0.2) is 0 Å². The molecule has 0 saturated heterocycles. The molecular formula is C13H18ClNO3S2. The lowest BCUT2D eigenvalue weighted by Crippen LogP contribution is -2.39. The average molecular weight is 336 g/mol. The lowest BCUT2D eigenvalue weighted by Gasteiger charge is -2.34. The second kappa shape index (κ2) is 5.66. The van der Waals surface area contributed by atoms with Crippen molar-refractivity contribution in [3.05, 3.63) is 17.0 Å². The summed E-state index contributed by atoms with van der Waals surface area (Å²) in [5.74, 6) is -0.225. The molecule has 1 fully saturated rings. The van der Waals surface area contributed by atoms with E-state index < -0.39 is 9.05 Å². The Morgan fingerprint density at radius 1 is 1.40 bits per heavy atom. The lowest BCUT2D eigenvalue weighted by atomic mass is 9.75. The van der Waals surface area contributed by atoms with Gasteiger partial charge in [0.25, 0.3) is 15.0 Å². The van der Waals surface area contributed by atoms with Gasteiger partial charge in [0.1, 0.15) is 4.21 Å². The van der Waals surface area contributed by atoms with Gasteiger partial charge in [-0.15, -0.1) is 11.3 Å². The maximum atomic E-state index is 12.1. The smallest absolute Gasteiger partial charge is 0.270 e. The molecule has 112 valence electrons. The van der Waals surface area contributed by atoms with Gasteiger partial charge in [-0.2, -0.15) is 0 Å². The predicted octanol–water partition coefficient (Wildman–Crippen LogP) is 3.37. The molecule has 0 spiro atoms. The predicted molar refractivity (Wildman–Crippen MR) is 80.9 cm³/mol. The summed E-state index contributed by atoms with van der Waals surface area (Å²) in [6.07, 6.45) is 4.10. The Balaban J connectivity index is 1.98. The van der Waals surface area contributed by atoms with Crippen molar-refractivity contribution < 1.29 is 13.2 Å². The maximum Gasteiger partial charge on any atom is 0.270 e. The molecule has 1 aliphatic rings. The number of hydrogen-bond donors (Lipinski definition) is 1. The summed E-state index contributed by atoms with van der Waals surface area (Å²) in [5.41, 5.74) is 0.711. The molecule has 2 rings (SSSR count). The summed E-state index contributed by atoms with van der Waals surface area (Å²) in [4.78, 5) is 12.1. The van der Waals surface area contributed by atoms with E-state index in [9.17, 15) is 13.2 Å². The molecule has 1 N–H and O–H groups in total. The third kappa shape index (κ3) is 3.96. The maximum absolute atomic E-state index is 12.1. The van der Waals surface area contributed by atoms with Crippen LogP contribution in [0.3, 0.4) is 0 Å². The van der Waals surface area contributed by atoms with Gasteiger partial charge in [0, 0.05) is 22.1 Å². The molecule has 4 nitrogen and oxygen atoms in total. The van der Waals surface area contributed by atoms with Gasteiger partial charge in [-0.1, -0.05) is 13.8 Å². The topological polar surface area (TPSA) is 63.2 Å². The molecule has 0 aliphatic heterocycles. The van der Waals surface area contributed by atoms with Crippen LogP contribution >= 0.6 is 22.0 Å². The third-order valence-corrected chi connectivity index (χ3v) is 6.79. The van der Waals surface area contributed by atoms with Crippen LogP contribution in [0.2, 0.25) is 0 Å². The molecule has 1 aromatic heterocycles. The second-order valence-corrected chi connectivity index (χ2v) is 9.71. The van der Waals surface area contributed by atoms with Gasteiger partial charge in [-0.3, -0.25) is 4.79 Å². The van der Waals surface area contributed by atoms with E-state index in [0.717, 1.165) is 37.0 Å². The first-order valence-corrected chi connectivity index (χ1v) is 9.70. The molecule has 1 aromatic rings. The van der Waals surface area contributed by atoms with Crippen LogP contribution in [0.1, 0.15) is 49.9 Å². The Labute approximate surface area is 127 Å². The van der Waals surface area contributed by atoms with Gasteiger partial charge < -0.3 is 5.32 Å². The second-order valence-electron chi connectivity index (χ2n) is 6.00. The zero-order chi connectivity index (χ0) is 15.0. The number of halogens is 1. The minimum absolute atomic E-state index is 0.00842. The van der Waals surface area contributed by atoms with Crippen LogP contribution in [0.15, 0.2) is 15.7 Å². The van der Waals surface area contributed by atoms with Crippen molar-refractivity contribution in [2.75, 3.05) is 0 Å². The zero-order valence-corrected chi connectivity index (χ0v) is 13.9. The van der Waals surface area contributed by atoms with Gasteiger partial charge in [-0.25, -0.2) is 8.42 Å². The Morgan fingerprint density at radius 3 is 2.50 bits per heavy atom. The van der Waals surface area contributed by atoms with Crippen molar-refractivity contribution in [3.63, 3.8) is 0 Å². The summed E-state index contributed by atoms with van der Waals surface area (Å²) in [6.45, 7) is 4.48. The van der Waals surface area contributed by atoms with E-state index >= 15 is 0 Å². The van der Waals surface area contributed by atoms with Crippen molar-refractivity contribution in [3.8, 4) is 0 Å². The van der Waals surface area contributed by atoms with Crippen LogP contribution in [0.5, 0.6) is 0 Å². The van der Waals surface area contributed by atoms with Crippen LogP contribution in [0, 0.1) is 5.41 Å². The fraction of sp³-hybridized carbons (Fsp3) is 0.615. The number of hydrogen-bond acceptors (Lipinski definition) is 4. The Kier molecular flexibility index (Phi) is 4.47. The largest absolute Gasteiger partial charge is 0.349 e. The highest BCUT2D eigenvalue weighted by Gasteiger charge is 2.28. The van der Waals surface area contributed by atoms with E-state index in [1.54, 1.807) is 0 Å². The van der Waals surface area contributed by atoms with Crippen LogP contribution in [0.4, 0.5) is 0 Å². The van der Waals surface area contributed by atoms with Crippen molar-refractivity contribution in [2.45, 2.75) is 49.8 Å². The van der Waals surface area contributed by atoms with E-state index in [4.69, 9.17) is 10.7 Å². The molecule has 0 aromatic carbocycles. The first-order valence-electron chi connectivity index (χ1n) is 6.51. The molecule has 1 saturated carbocycles. The van der Waals surface area contributed by atoms with E-state index in [-0.39, 0.29) is 16.2 Å². The molecule has 0 unspecified atom stereocenters. The fourth-order valence-corrected chi connectivity index (χ4v) is 4.32. The van der Waals surface area contributed by atoms with E-state index in [0.29, 0.717) is 11.0 Å². The molecular weight excluding hydrogens is 318 g/mol. The average Bonchev–Trinajstić information content (AvgIpc) is 2.81. The van der Waals surface area contributed by atoms with Crippen LogP contribution in [-0.4, -0.2) is 20.4 Å². The van der Waals surface area contributed by atoms with Crippen molar-refractivity contribution >= 4 is 37.0 Å². The highest BCUT2D eigenvalue weighted by molar-refractivity contribution is 8.15. The lowest BCUT2D eigenvalue weighted by molar-refractivity contribution is 0.0909. The monoisotopic (exact) mass is 335 g/mol. The Hall–Kier alpha value is -0.590. The summed E-state index contributed by atoms with van der Waals surface area (Å²) in [6, 6.07) is 1.50. The Morgan fingerprint density at radius 2 is 2.00 bits per heavy atom. The van der Waals surface area contributed by atoms with Crippen molar-refractivity contribution in [1.82, 2.24) is 5.32 Å². The summed E-state index contributed by atoms with van der Waals surface area (Å²) >= 11 is 0.966. The van der Waals surface area contributed by atoms with Crippen molar-refractivity contribution in [2.24, 2.45) is 5.41 Å². The number of carbonyl (C=O) groups excluding carboxylic acids is 1. The van der Waals surface area contributed by atoms with Crippen LogP contribution < -0.4 is 5.32 Å². The molecule has 7 heteroatoms. The highest BCUT2D eigenvalue weighted by atomic mass is 35.7. The first-order chi connectivity index (χ1) is 9.17. The first kappa shape index (κ1) is 15.8. The molecule has 1 amide bonds. The van der Waals surface area contributed by atoms with Gasteiger partial charge >= 0.3 is 0 Å². The van der Waals surface area contributed by atoms with Crippen molar-refractivity contribution in [1.29, 1.82) is 0 Å².